The van der Waals surface area contributed by atoms with Crippen LogP contribution in [0.3, 0.4) is 0 Å². The van der Waals surface area contributed by atoms with Crippen molar-refractivity contribution in [1.82, 2.24) is 0 Å². The summed E-state index contributed by atoms with van der Waals surface area (Å²) < 4.78 is 13.4. The van der Waals surface area contributed by atoms with Crippen LogP contribution in [0.4, 0.5) is 0 Å². The molecular formula is C8H18O3SnTi. The van der Waals surface area contributed by atoms with E-state index in [1.807, 2.05) is 0 Å². The van der Waals surface area contributed by atoms with Gasteiger partial charge >= 0.3 is 92.9 Å². The standard InChI is InChI=1S/2C4H9.3O.Sn.Ti/c2*1-3-4-2;;;;;/h2*1,3-4H2,2H3;;;;;/q;;;2*-2;;+4. The second-order valence-electron chi connectivity index (χ2n) is 2.75. The molecule has 0 saturated heterocycles. The molecule has 0 aromatic carbocycles. The van der Waals surface area contributed by atoms with E-state index in [0.29, 0.717) is 0 Å². The van der Waals surface area contributed by atoms with E-state index in [1.54, 1.807) is 0 Å². The van der Waals surface area contributed by atoms with Crippen LogP contribution in [0.2, 0.25) is 8.87 Å². The summed E-state index contributed by atoms with van der Waals surface area (Å²) in [6, 6.07) is 0. The first-order chi connectivity index (χ1) is 4.81. The number of unbranched alkanes of at least 4 members (excludes halogenated alkanes) is 2. The Kier molecular flexibility index (Phi) is 34.6. The summed E-state index contributed by atoms with van der Waals surface area (Å²) in [4.78, 5) is 0. The van der Waals surface area contributed by atoms with Crippen LogP contribution in [0.25, 0.3) is 0 Å². The normalized spacial score (nSPS) is 7.54. The smallest absolute Gasteiger partial charge is 2.00 e. The molecule has 0 rings (SSSR count). The quantitative estimate of drug-likeness (QED) is 0.691. The maximum Gasteiger partial charge on any atom is 4.00 e. The van der Waals surface area contributed by atoms with E-state index in [0.717, 1.165) is 8.87 Å². The van der Waals surface area contributed by atoms with Crippen LogP contribution >= 0.6 is 0 Å². The molecule has 0 atom stereocenters. The van der Waals surface area contributed by atoms with Crippen LogP contribution < -0.4 is 0 Å². The number of rotatable bonds is 6. The zero-order valence-electron chi connectivity index (χ0n) is 8.47. The molecule has 13 heavy (non-hydrogen) atoms. The molecule has 0 aliphatic heterocycles. The largest absolute Gasteiger partial charge is 4.00 e. The van der Waals surface area contributed by atoms with Crippen molar-refractivity contribution in [3.05, 3.63) is 0 Å². The Morgan fingerprint density at radius 3 is 1.46 bits per heavy atom. The first kappa shape index (κ1) is 23.8. The van der Waals surface area contributed by atoms with E-state index in [1.165, 1.54) is 25.7 Å². The second kappa shape index (κ2) is 18.9. The SMILES string of the molecule is CCC[CH2][Sn](=[O])[CH2]CCC.[O-2].[O-2].[Ti+4]. The maximum absolute atomic E-state index is 11.2. The van der Waals surface area contributed by atoms with Crippen molar-refractivity contribution in [3.8, 4) is 0 Å². The average Bonchev–Trinajstić information content (AvgIpc) is 1.97. The van der Waals surface area contributed by atoms with Crippen LogP contribution in [0.5, 0.6) is 0 Å². The third kappa shape index (κ3) is 19.6. The van der Waals surface area contributed by atoms with Gasteiger partial charge in [-0.1, -0.05) is 0 Å². The van der Waals surface area contributed by atoms with E-state index in [4.69, 9.17) is 0 Å². The van der Waals surface area contributed by atoms with Gasteiger partial charge in [0.05, 0.1) is 0 Å². The molecule has 76 valence electrons. The molecule has 0 aliphatic carbocycles. The molecule has 5 heteroatoms. The Morgan fingerprint density at radius 1 is 0.923 bits per heavy atom. The van der Waals surface area contributed by atoms with Crippen LogP contribution in [-0.4, -0.2) is 19.7 Å². The van der Waals surface area contributed by atoms with E-state index in [-0.39, 0.29) is 32.7 Å². The third-order valence-electron chi connectivity index (χ3n) is 1.62. The molecule has 0 aliphatic rings. The predicted molar refractivity (Wildman–Crippen MR) is 47.2 cm³/mol. The summed E-state index contributed by atoms with van der Waals surface area (Å²) in [6.45, 7) is 4.33. The number of hydrogen-bond acceptors (Lipinski definition) is 1. The molecule has 0 spiro atoms. The van der Waals surface area contributed by atoms with Gasteiger partial charge in [0.15, 0.2) is 0 Å². The van der Waals surface area contributed by atoms with E-state index < -0.39 is 19.7 Å². The predicted octanol–water partition coefficient (Wildman–Crippen LogP) is 2.77. The van der Waals surface area contributed by atoms with Crippen molar-refractivity contribution >= 4 is 19.7 Å². The van der Waals surface area contributed by atoms with Gasteiger partial charge in [-0.25, -0.2) is 0 Å². The fourth-order valence-electron chi connectivity index (χ4n) is 0.873. The molecule has 0 saturated carbocycles. The van der Waals surface area contributed by atoms with Crippen molar-refractivity contribution in [3.63, 3.8) is 0 Å². The fraction of sp³-hybridized carbons (Fsp3) is 1.00. The fourth-order valence-corrected chi connectivity index (χ4v) is 5.86. The van der Waals surface area contributed by atoms with Crippen molar-refractivity contribution in [2.24, 2.45) is 0 Å². The zero-order chi connectivity index (χ0) is 7.82. The molecular weight excluding hydrogens is 311 g/mol. The monoisotopic (exact) mass is 330 g/mol. The van der Waals surface area contributed by atoms with Gasteiger partial charge in [0.1, 0.15) is 0 Å². The van der Waals surface area contributed by atoms with Gasteiger partial charge in [0, 0.05) is 0 Å². The first-order valence-electron chi connectivity index (χ1n) is 4.33. The van der Waals surface area contributed by atoms with Crippen molar-refractivity contribution in [2.75, 3.05) is 0 Å². The summed E-state index contributed by atoms with van der Waals surface area (Å²) in [5.74, 6) is 0. The van der Waals surface area contributed by atoms with E-state index in [9.17, 15) is 3.08 Å². The molecule has 0 bridgehead atoms. The Hall–Kier alpha value is 1.23. The van der Waals surface area contributed by atoms with Gasteiger partial charge in [0.25, 0.3) is 0 Å². The van der Waals surface area contributed by atoms with E-state index in [2.05, 4.69) is 13.8 Å². The van der Waals surface area contributed by atoms with E-state index >= 15 is 0 Å². The second-order valence-corrected chi connectivity index (χ2v) is 8.67. The Labute approximate surface area is 103 Å². The van der Waals surface area contributed by atoms with Crippen molar-refractivity contribution in [1.29, 1.82) is 0 Å². The van der Waals surface area contributed by atoms with Gasteiger partial charge < -0.3 is 11.0 Å². The summed E-state index contributed by atoms with van der Waals surface area (Å²) in [7, 11) is 0. The van der Waals surface area contributed by atoms with Gasteiger partial charge in [-0.15, -0.1) is 0 Å². The Morgan fingerprint density at radius 2 is 1.23 bits per heavy atom. The van der Waals surface area contributed by atoms with Gasteiger partial charge in [-0.05, 0) is 0 Å². The van der Waals surface area contributed by atoms with Crippen LogP contribution in [0.1, 0.15) is 39.5 Å². The molecule has 0 aromatic heterocycles. The minimum atomic E-state index is -1.99. The van der Waals surface area contributed by atoms with Crippen LogP contribution in [-0.2, 0) is 35.7 Å². The topological polar surface area (TPSA) is 74.1 Å². The summed E-state index contributed by atoms with van der Waals surface area (Å²) in [5, 5.41) is 0. The third-order valence-corrected chi connectivity index (χ3v) is 6.82. The summed E-state index contributed by atoms with van der Waals surface area (Å²) in [6.07, 6.45) is 4.81. The van der Waals surface area contributed by atoms with Crippen LogP contribution in [0, 0.1) is 0 Å². The van der Waals surface area contributed by atoms with Gasteiger partial charge in [0.2, 0.25) is 0 Å². The van der Waals surface area contributed by atoms with Gasteiger partial charge in [-0.3, -0.25) is 0 Å². The Balaban J connectivity index is -0.000000135. The Bertz CT molecular complexity index is 91.4. The van der Waals surface area contributed by atoms with Crippen LogP contribution in [0.15, 0.2) is 0 Å². The molecule has 0 unspecified atom stereocenters. The van der Waals surface area contributed by atoms with Crippen molar-refractivity contribution in [2.45, 2.75) is 48.4 Å². The number of hydrogen-bond donors (Lipinski definition) is 0. The summed E-state index contributed by atoms with van der Waals surface area (Å²) >= 11 is -1.99. The minimum Gasteiger partial charge on any atom is -2.00 e. The van der Waals surface area contributed by atoms with Crippen molar-refractivity contribution < 1.29 is 35.7 Å². The molecule has 0 amide bonds. The first-order valence-corrected chi connectivity index (χ1v) is 9.53. The molecule has 0 heterocycles. The molecule has 0 radical (unpaired) electrons. The maximum atomic E-state index is 11.2. The molecule has 3 nitrogen and oxygen atoms in total. The molecule has 0 fully saturated rings. The van der Waals surface area contributed by atoms with Gasteiger partial charge in [-0.2, -0.15) is 0 Å². The summed E-state index contributed by atoms with van der Waals surface area (Å²) in [5.41, 5.74) is 0. The molecule has 0 N–H and O–H groups in total. The average molecular weight is 329 g/mol. The molecule has 0 aromatic rings. The minimum absolute atomic E-state index is 0. The zero-order valence-corrected chi connectivity index (χ0v) is 12.9.